The summed E-state index contributed by atoms with van der Waals surface area (Å²) in [5.74, 6) is 0.674. The van der Waals surface area contributed by atoms with E-state index in [1.54, 1.807) is 44.4 Å². The number of hydrogen-bond acceptors (Lipinski definition) is 6. The van der Waals surface area contributed by atoms with E-state index >= 15 is 0 Å². The van der Waals surface area contributed by atoms with Gasteiger partial charge in [0.25, 0.3) is 11.5 Å². The minimum atomic E-state index is -0.324. The van der Waals surface area contributed by atoms with E-state index in [0.29, 0.717) is 24.7 Å². The van der Waals surface area contributed by atoms with Gasteiger partial charge in [-0.2, -0.15) is 0 Å². The number of amides is 1. The van der Waals surface area contributed by atoms with Crippen molar-refractivity contribution in [3.63, 3.8) is 0 Å². The molecule has 25 heavy (non-hydrogen) atoms. The predicted octanol–water partition coefficient (Wildman–Crippen LogP) is 1.72. The summed E-state index contributed by atoms with van der Waals surface area (Å²) >= 11 is 0. The van der Waals surface area contributed by atoms with E-state index in [2.05, 4.69) is 4.98 Å². The molecule has 3 rings (SSSR count). The first-order valence-corrected chi connectivity index (χ1v) is 7.78. The normalized spacial score (nSPS) is 11.2. The lowest BCUT2D eigenvalue weighted by Gasteiger charge is -2.21. The molecule has 0 aliphatic carbocycles. The van der Waals surface area contributed by atoms with Crippen molar-refractivity contribution in [3.8, 4) is 0 Å². The highest BCUT2D eigenvalue weighted by molar-refractivity contribution is 6.06. The number of carbonyl (C=O) groups excluding carboxylic acids is 1. The van der Waals surface area contributed by atoms with E-state index in [-0.39, 0.29) is 34.7 Å². The third-order valence-electron chi connectivity index (χ3n) is 3.94. The average Bonchev–Trinajstić information content (AvgIpc) is 3.21. The van der Waals surface area contributed by atoms with Crippen molar-refractivity contribution >= 4 is 17.0 Å². The van der Waals surface area contributed by atoms with Crippen molar-refractivity contribution in [2.75, 3.05) is 20.3 Å². The maximum absolute atomic E-state index is 13.1. The van der Waals surface area contributed by atoms with Crippen LogP contribution in [0.15, 0.2) is 38.4 Å². The Labute approximate surface area is 143 Å². The van der Waals surface area contributed by atoms with E-state index in [9.17, 15) is 9.59 Å². The molecule has 0 saturated heterocycles. The zero-order chi connectivity index (χ0) is 18.0. The number of furan rings is 2. The maximum Gasteiger partial charge on any atom is 0.265 e. The second-order valence-electron chi connectivity index (χ2n) is 5.67. The molecule has 0 radical (unpaired) electrons. The summed E-state index contributed by atoms with van der Waals surface area (Å²) in [6, 6.07) is 3.54. The van der Waals surface area contributed by atoms with Crippen LogP contribution >= 0.6 is 0 Å². The van der Waals surface area contributed by atoms with Crippen molar-refractivity contribution in [3.05, 3.63) is 52.2 Å². The Kier molecular flexibility index (Phi) is 4.71. The summed E-state index contributed by atoms with van der Waals surface area (Å²) < 4.78 is 17.3. The average molecular weight is 345 g/mol. The molecular weight excluding hydrogens is 326 g/mol. The topological polar surface area (TPSA) is 90.7 Å². The van der Waals surface area contributed by atoms with Gasteiger partial charge in [0.15, 0.2) is 0 Å². The number of aromatic nitrogens is 2. The van der Waals surface area contributed by atoms with E-state index in [0.717, 1.165) is 0 Å². The fraction of sp³-hybridized carbons (Fsp3) is 0.353. The van der Waals surface area contributed by atoms with Gasteiger partial charge in [-0.1, -0.05) is 0 Å². The molecule has 0 spiro atoms. The van der Waals surface area contributed by atoms with Gasteiger partial charge in [0.2, 0.25) is 5.71 Å². The molecule has 0 fully saturated rings. The minimum Gasteiger partial charge on any atom is -0.467 e. The Bertz CT molecular complexity index is 939. The molecule has 1 amide bonds. The van der Waals surface area contributed by atoms with E-state index < -0.39 is 0 Å². The van der Waals surface area contributed by atoms with Crippen LogP contribution < -0.4 is 5.56 Å². The molecule has 0 saturated carbocycles. The molecule has 0 aromatic carbocycles. The first-order valence-electron chi connectivity index (χ1n) is 7.78. The molecule has 8 nitrogen and oxygen atoms in total. The Morgan fingerprint density at radius 2 is 2.24 bits per heavy atom. The molecule has 0 unspecified atom stereocenters. The van der Waals surface area contributed by atoms with Crippen LogP contribution in [0.4, 0.5) is 0 Å². The summed E-state index contributed by atoms with van der Waals surface area (Å²) in [4.78, 5) is 31.2. The van der Waals surface area contributed by atoms with Crippen LogP contribution in [0.25, 0.3) is 11.1 Å². The van der Waals surface area contributed by atoms with Gasteiger partial charge >= 0.3 is 0 Å². The van der Waals surface area contributed by atoms with Crippen LogP contribution in [-0.4, -0.2) is 40.6 Å². The monoisotopic (exact) mass is 345 g/mol. The molecule has 0 bridgehead atoms. The Morgan fingerprint density at radius 1 is 1.44 bits per heavy atom. The molecule has 132 valence electrons. The Morgan fingerprint density at radius 3 is 2.92 bits per heavy atom. The quantitative estimate of drug-likeness (QED) is 0.675. The molecule has 3 heterocycles. The molecule has 0 atom stereocenters. The van der Waals surface area contributed by atoms with Crippen LogP contribution in [0, 0.1) is 6.92 Å². The lowest BCUT2D eigenvalue weighted by molar-refractivity contribution is 0.0666. The lowest BCUT2D eigenvalue weighted by Crippen LogP contribution is -2.34. The predicted molar refractivity (Wildman–Crippen MR) is 89.3 cm³/mol. The van der Waals surface area contributed by atoms with Crippen LogP contribution in [-0.2, 0) is 18.3 Å². The molecule has 0 aliphatic heterocycles. The molecule has 3 aromatic rings. The summed E-state index contributed by atoms with van der Waals surface area (Å²) in [6.45, 7) is 2.62. The SMILES string of the molecule is COCCN(Cc1ccco1)C(=O)c1c(C)oc2ncn(C)c(=O)c12. The van der Waals surface area contributed by atoms with Crippen LogP contribution in [0.5, 0.6) is 0 Å². The largest absolute Gasteiger partial charge is 0.467 e. The van der Waals surface area contributed by atoms with Gasteiger partial charge < -0.3 is 23.0 Å². The number of hydrogen-bond donors (Lipinski definition) is 0. The fourth-order valence-corrected chi connectivity index (χ4v) is 2.65. The summed E-state index contributed by atoms with van der Waals surface area (Å²) in [5, 5.41) is 0.189. The zero-order valence-electron chi connectivity index (χ0n) is 14.3. The van der Waals surface area contributed by atoms with Gasteiger partial charge in [-0.05, 0) is 19.1 Å². The number of nitrogens with zero attached hydrogens (tertiary/aromatic N) is 3. The van der Waals surface area contributed by atoms with Crippen molar-refractivity contribution in [2.45, 2.75) is 13.5 Å². The van der Waals surface area contributed by atoms with Crippen molar-refractivity contribution in [1.29, 1.82) is 0 Å². The molecule has 8 heteroatoms. The van der Waals surface area contributed by atoms with Crippen molar-refractivity contribution in [2.24, 2.45) is 7.05 Å². The van der Waals surface area contributed by atoms with Gasteiger partial charge in [0.1, 0.15) is 23.2 Å². The highest BCUT2D eigenvalue weighted by Crippen LogP contribution is 2.23. The number of methoxy groups -OCH3 is 1. The highest BCUT2D eigenvalue weighted by Gasteiger charge is 2.27. The molecule has 3 aromatic heterocycles. The molecule has 0 N–H and O–H groups in total. The van der Waals surface area contributed by atoms with E-state index in [1.807, 2.05) is 0 Å². The number of aryl methyl sites for hydroxylation is 2. The lowest BCUT2D eigenvalue weighted by atomic mass is 10.1. The first-order chi connectivity index (χ1) is 12.0. The third kappa shape index (κ3) is 3.20. The van der Waals surface area contributed by atoms with E-state index in [1.165, 1.54) is 10.9 Å². The third-order valence-corrected chi connectivity index (χ3v) is 3.94. The van der Waals surface area contributed by atoms with Gasteiger partial charge in [0, 0.05) is 20.7 Å². The molecule has 0 aliphatic rings. The Balaban J connectivity index is 2.04. The number of carbonyl (C=O) groups is 1. The van der Waals surface area contributed by atoms with Crippen LogP contribution in [0.2, 0.25) is 0 Å². The smallest absolute Gasteiger partial charge is 0.265 e. The number of fused-ring (bicyclic) bond motifs is 1. The summed E-state index contributed by atoms with van der Waals surface area (Å²) in [5.41, 5.74) is 0.0647. The van der Waals surface area contributed by atoms with Gasteiger partial charge in [-0.15, -0.1) is 0 Å². The fourth-order valence-electron chi connectivity index (χ4n) is 2.65. The standard InChI is InChI=1S/C17H19N3O5/c1-11-13(14-15(25-11)18-10-19(2)16(14)21)17(22)20(6-8-23-3)9-12-5-4-7-24-12/h4-5,7,10H,6,8-9H2,1-3H3. The summed E-state index contributed by atoms with van der Waals surface area (Å²) in [7, 11) is 3.14. The van der Waals surface area contributed by atoms with Crippen molar-refractivity contribution < 1.29 is 18.4 Å². The van der Waals surface area contributed by atoms with Crippen LogP contribution in [0.1, 0.15) is 21.9 Å². The minimum absolute atomic E-state index is 0.161. The number of ether oxygens (including phenoxy) is 1. The summed E-state index contributed by atoms with van der Waals surface area (Å²) in [6.07, 6.45) is 2.92. The maximum atomic E-state index is 13.1. The van der Waals surface area contributed by atoms with Gasteiger partial charge in [0.05, 0.1) is 25.0 Å². The van der Waals surface area contributed by atoms with Gasteiger partial charge in [-0.3, -0.25) is 9.59 Å². The second kappa shape index (κ2) is 6.94. The Hall–Kier alpha value is -2.87. The highest BCUT2D eigenvalue weighted by atomic mass is 16.5. The zero-order valence-corrected chi connectivity index (χ0v) is 14.3. The van der Waals surface area contributed by atoms with E-state index in [4.69, 9.17) is 13.6 Å². The van der Waals surface area contributed by atoms with Crippen LogP contribution in [0.3, 0.4) is 0 Å². The molecular formula is C17H19N3O5. The first kappa shape index (κ1) is 17.0. The second-order valence-corrected chi connectivity index (χ2v) is 5.67. The number of rotatable bonds is 6. The van der Waals surface area contributed by atoms with Crippen molar-refractivity contribution in [1.82, 2.24) is 14.5 Å². The van der Waals surface area contributed by atoms with Gasteiger partial charge in [-0.25, -0.2) is 4.98 Å².